The van der Waals surface area contributed by atoms with Gasteiger partial charge < -0.3 is 16.5 Å². The van der Waals surface area contributed by atoms with Gasteiger partial charge in [0.25, 0.3) is 5.91 Å². The van der Waals surface area contributed by atoms with Crippen molar-refractivity contribution < 1.29 is 4.79 Å². The number of carbonyl (C=O) groups excluding carboxylic acids is 1. The van der Waals surface area contributed by atoms with Crippen molar-refractivity contribution in [2.45, 2.75) is 25.3 Å². The predicted molar refractivity (Wildman–Crippen MR) is 85.6 cm³/mol. The lowest BCUT2D eigenvalue weighted by Crippen LogP contribution is -2.15. The highest BCUT2D eigenvalue weighted by Crippen LogP contribution is 2.35. The van der Waals surface area contributed by atoms with E-state index >= 15 is 0 Å². The van der Waals surface area contributed by atoms with Crippen molar-refractivity contribution in [1.29, 1.82) is 5.41 Å². The quantitative estimate of drug-likeness (QED) is 0.740. The molecule has 2 aromatic rings. The van der Waals surface area contributed by atoms with Crippen molar-refractivity contribution >= 4 is 23.6 Å². The Morgan fingerprint density at radius 2 is 2.14 bits per heavy atom. The Morgan fingerprint density at radius 1 is 1.36 bits per heavy atom. The number of aromatic nitrogens is 2. The number of primary amides is 1. The first-order valence-corrected chi connectivity index (χ1v) is 7.40. The van der Waals surface area contributed by atoms with Crippen LogP contribution in [0.1, 0.15) is 35.7 Å². The second kappa shape index (κ2) is 6.01. The number of amides is 1. The van der Waals surface area contributed by atoms with Crippen LogP contribution in [0.3, 0.4) is 0 Å². The number of nitrogens with two attached hydrogens (primary N) is 1. The summed E-state index contributed by atoms with van der Waals surface area (Å²) in [5, 5.41) is 15.2. The van der Waals surface area contributed by atoms with Crippen molar-refractivity contribution in [3.05, 3.63) is 42.1 Å². The summed E-state index contributed by atoms with van der Waals surface area (Å²) in [5.41, 5.74) is 6.70. The molecule has 114 valence electrons. The molecule has 0 saturated heterocycles. The zero-order valence-corrected chi connectivity index (χ0v) is 12.2. The zero-order valence-electron chi connectivity index (χ0n) is 12.2. The Bertz CT molecular complexity index is 679. The number of para-hydroxylation sites is 1. The molecule has 1 aliphatic carbocycles. The molecule has 2 atom stereocenters. The fourth-order valence-corrected chi connectivity index (χ4v) is 2.98. The zero-order chi connectivity index (χ0) is 15.5. The molecule has 6 nitrogen and oxygen atoms in total. The van der Waals surface area contributed by atoms with Gasteiger partial charge in [-0.15, -0.1) is 0 Å². The van der Waals surface area contributed by atoms with Crippen molar-refractivity contribution in [1.82, 2.24) is 9.78 Å². The van der Waals surface area contributed by atoms with E-state index in [2.05, 4.69) is 10.4 Å². The van der Waals surface area contributed by atoms with Crippen LogP contribution in [0, 0.1) is 11.3 Å². The third-order valence-electron chi connectivity index (χ3n) is 4.12. The number of hydrogen-bond acceptors (Lipinski definition) is 4. The van der Waals surface area contributed by atoms with Gasteiger partial charge in [-0.2, -0.15) is 5.10 Å². The number of hydrogen-bond donors (Lipinski definition) is 3. The van der Waals surface area contributed by atoms with Crippen molar-refractivity contribution in [3.63, 3.8) is 0 Å². The van der Waals surface area contributed by atoms with Crippen molar-refractivity contribution in [3.8, 4) is 0 Å². The Labute approximate surface area is 128 Å². The maximum absolute atomic E-state index is 11.7. The molecule has 1 amide bonds. The predicted octanol–water partition coefficient (Wildman–Crippen LogP) is 2.72. The SMILES string of the molecule is N=C[C@@H]1CCC[C@@H]1n1cc(C(N)=O)c(Nc2ccccc2)n1. The highest BCUT2D eigenvalue weighted by atomic mass is 16.1. The van der Waals surface area contributed by atoms with Gasteiger partial charge in [0.05, 0.1) is 6.04 Å². The van der Waals surface area contributed by atoms with E-state index in [0.717, 1.165) is 24.9 Å². The lowest BCUT2D eigenvalue weighted by atomic mass is 10.1. The molecule has 3 rings (SSSR count). The molecule has 1 aromatic heterocycles. The number of benzene rings is 1. The summed E-state index contributed by atoms with van der Waals surface area (Å²) in [4.78, 5) is 11.7. The Morgan fingerprint density at radius 3 is 2.82 bits per heavy atom. The molecule has 0 spiro atoms. The van der Waals surface area contributed by atoms with Gasteiger partial charge in [0, 0.05) is 24.0 Å². The summed E-state index contributed by atoms with van der Waals surface area (Å²) in [5.74, 6) is 0.133. The third kappa shape index (κ3) is 2.72. The van der Waals surface area contributed by atoms with E-state index in [4.69, 9.17) is 11.1 Å². The van der Waals surface area contributed by atoms with Crippen LogP contribution in [0.4, 0.5) is 11.5 Å². The minimum atomic E-state index is -0.505. The van der Waals surface area contributed by atoms with Crippen LogP contribution in [-0.2, 0) is 0 Å². The number of anilines is 2. The Balaban J connectivity index is 1.92. The highest BCUT2D eigenvalue weighted by Gasteiger charge is 2.29. The molecule has 1 fully saturated rings. The summed E-state index contributed by atoms with van der Waals surface area (Å²) >= 11 is 0. The average Bonchev–Trinajstić information content (AvgIpc) is 3.14. The van der Waals surface area contributed by atoms with Gasteiger partial charge in [0.2, 0.25) is 0 Å². The fourth-order valence-electron chi connectivity index (χ4n) is 2.98. The molecular formula is C16H19N5O. The molecule has 1 saturated carbocycles. The lowest BCUT2D eigenvalue weighted by molar-refractivity contribution is 0.100. The molecule has 1 heterocycles. The molecule has 0 unspecified atom stereocenters. The summed E-state index contributed by atoms with van der Waals surface area (Å²) in [7, 11) is 0. The van der Waals surface area contributed by atoms with Gasteiger partial charge in [-0.3, -0.25) is 9.48 Å². The molecule has 1 aliphatic rings. The summed E-state index contributed by atoms with van der Waals surface area (Å²) in [6.07, 6.45) is 6.19. The third-order valence-corrected chi connectivity index (χ3v) is 4.12. The van der Waals surface area contributed by atoms with Crippen LogP contribution >= 0.6 is 0 Å². The second-order valence-electron chi connectivity index (χ2n) is 5.56. The highest BCUT2D eigenvalue weighted by molar-refractivity contribution is 5.98. The maximum atomic E-state index is 11.7. The first kappa shape index (κ1) is 14.3. The lowest BCUT2D eigenvalue weighted by Gasteiger charge is -2.15. The second-order valence-corrected chi connectivity index (χ2v) is 5.56. The summed E-state index contributed by atoms with van der Waals surface area (Å²) < 4.78 is 1.79. The first-order valence-electron chi connectivity index (χ1n) is 7.40. The van der Waals surface area contributed by atoms with E-state index in [1.54, 1.807) is 10.9 Å². The van der Waals surface area contributed by atoms with Gasteiger partial charge >= 0.3 is 0 Å². The van der Waals surface area contributed by atoms with E-state index in [1.807, 2.05) is 30.3 Å². The fraction of sp³-hybridized carbons (Fsp3) is 0.312. The van der Waals surface area contributed by atoms with Gasteiger partial charge in [-0.1, -0.05) is 24.6 Å². The van der Waals surface area contributed by atoms with E-state index in [1.165, 1.54) is 6.21 Å². The van der Waals surface area contributed by atoms with E-state index in [-0.39, 0.29) is 12.0 Å². The number of nitrogens with one attached hydrogen (secondary N) is 2. The van der Waals surface area contributed by atoms with Crippen LogP contribution in [0.2, 0.25) is 0 Å². The normalized spacial score (nSPS) is 20.7. The monoisotopic (exact) mass is 297 g/mol. The number of nitrogens with zero attached hydrogens (tertiary/aromatic N) is 2. The molecule has 1 aromatic carbocycles. The van der Waals surface area contributed by atoms with Gasteiger partial charge in [0.1, 0.15) is 5.56 Å². The van der Waals surface area contributed by atoms with Crippen LogP contribution in [0.15, 0.2) is 36.5 Å². The molecule has 0 radical (unpaired) electrons. The minimum Gasteiger partial charge on any atom is -0.365 e. The summed E-state index contributed by atoms with van der Waals surface area (Å²) in [6, 6.07) is 9.67. The Hall–Kier alpha value is -2.63. The van der Waals surface area contributed by atoms with E-state index < -0.39 is 5.91 Å². The van der Waals surface area contributed by atoms with E-state index in [9.17, 15) is 4.79 Å². The molecule has 6 heteroatoms. The smallest absolute Gasteiger partial charge is 0.254 e. The number of rotatable bonds is 5. The molecule has 0 aliphatic heterocycles. The largest absolute Gasteiger partial charge is 0.365 e. The average molecular weight is 297 g/mol. The van der Waals surface area contributed by atoms with Crippen molar-refractivity contribution in [2.75, 3.05) is 5.32 Å². The van der Waals surface area contributed by atoms with Crippen LogP contribution in [0.25, 0.3) is 0 Å². The maximum Gasteiger partial charge on any atom is 0.254 e. The van der Waals surface area contributed by atoms with Crippen LogP contribution in [0.5, 0.6) is 0 Å². The van der Waals surface area contributed by atoms with E-state index in [0.29, 0.717) is 11.4 Å². The Kier molecular flexibility index (Phi) is 3.91. The van der Waals surface area contributed by atoms with Crippen LogP contribution < -0.4 is 11.1 Å². The summed E-state index contributed by atoms with van der Waals surface area (Å²) in [6.45, 7) is 0. The standard InChI is InChI=1S/C16H19N5O/c17-9-11-5-4-8-14(11)21-10-13(15(18)22)16(20-21)19-12-6-2-1-3-7-12/h1-3,6-7,9-11,14,17H,4-5,8H2,(H2,18,22)(H,19,20)/t11-,14-/m0/s1. The topological polar surface area (TPSA) is 96.8 Å². The van der Waals surface area contributed by atoms with Gasteiger partial charge in [0.15, 0.2) is 5.82 Å². The first-order chi connectivity index (χ1) is 10.7. The number of carbonyl (C=O) groups is 1. The van der Waals surface area contributed by atoms with Gasteiger partial charge in [-0.25, -0.2) is 0 Å². The van der Waals surface area contributed by atoms with Gasteiger partial charge in [-0.05, 0) is 25.0 Å². The molecule has 4 N–H and O–H groups in total. The molecular weight excluding hydrogens is 278 g/mol. The molecule has 0 bridgehead atoms. The molecule has 22 heavy (non-hydrogen) atoms. The van der Waals surface area contributed by atoms with Crippen molar-refractivity contribution in [2.24, 2.45) is 11.7 Å². The van der Waals surface area contributed by atoms with Crippen LogP contribution in [-0.4, -0.2) is 21.9 Å². The minimum absolute atomic E-state index is 0.127.